The van der Waals surface area contributed by atoms with Crippen LogP contribution in [0.15, 0.2) is 0 Å². The first kappa shape index (κ1) is 11.4. The third-order valence-electron chi connectivity index (χ3n) is 3.49. The summed E-state index contributed by atoms with van der Waals surface area (Å²) in [6.45, 7) is 4.20. The minimum absolute atomic E-state index is 0.0990. The molecule has 0 aromatic heterocycles. The molecule has 2 rings (SSSR count). The molecule has 1 saturated carbocycles. The van der Waals surface area contributed by atoms with Gasteiger partial charge in [0, 0.05) is 25.7 Å². The van der Waals surface area contributed by atoms with Crippen LogP contribution in [0.3, 0.4) is 0 Å². The third-order valence-corrected chi connectivity index (χ3v) is 6.00. The second-order valence-corrected chi connectivity index (χ2v) is 6.78. The first-order valence-corrected chi connectivity index (χ1v) is 7.34. The van der Waals surface area contributed by atoms with Crippen molar-refractivity contribution in [3.63, 3.8) is 0 Å². The lowest BCUT2D eigenvalue weighted by atomic mass is 10.3. The lowest BCUT2D eigenvalue weighted by molar-refractivity contribution is 0.280. The Bertz CT molecular complexity index is 309. The molecule has 0 spiro atoms. The number of nitrogens with one attached hydrogen (secondary N) is 1. The standard InChI is InChI=1S/C10H20N2O2S/c1-9-8-11-6-7-12(9)15(13,14)10-4-2-3-5-10/h9-11H,2-8H2,1H3/t9-/m0/s1. The molecule has 15 heavy (non-hydrogen) atoms. The molecule has 2 aliphatic rings. The van der Waals surface area contributed by atoms with Gasteiger partial charge in [0.15, 0.2) is 0 Å². The van der Waals surface area contributed by atoms with Crippen molar-refractivity contribution in [3.05, 3.63) is 0 Å². The molecule has 1 aliphatic carbocycles. The van der Waals surface area contributed by atoms with Gasteiger partial charge in [-0.05, 0) is 19.8 Å². The number of hydrogen-bond donors (Lipinski definition) is 1. The van der Waals surface area contributed by atoms with Crippen LogP contribution in [0.2, 0.25) is 0 Å². The first-order chi connectivity index (χ1) is 7.12. The van der Waals surface area contributed by atoms with Crippen LogP contribution in [0.25, 0.3) is 0 Å². The average Bonchev–Trinajstić information content (AvgIpc) is 2.71. The summed E-state index contributed by atoms with van der Waals surface area (Å²) < 4.78 is 26.3. The highest BCUT2D eigenvalue weighted by Gasteiger charge is 2.37. The number of rotatable bonds is 2. The van der Waals surface area contributed by atoms with Gasteiger partial charge in [-0.25, -0.2) is 8.42 Å². The number of hydrogen-bond acceptors (Lipinski definition) is 3. The molecule has 0 unspecified atom stereocenters. The summed E-state index contributed by atoms with van der Waals surface area (Å²) in [4.78, 5) is 0. The van der Waals surface area contributed by atoms with E-state index in [0.29, 0.717) is 6.54 Å². The van der Waals surface area contributed by atoms with E-state index in [0.717, 1.165) is 38.8 Å². The van der Waals surface area contributed by atoms with Crippen LogP contribution >= 0.6 is 0 Å². The highest BCUT2D eigenvalue weighted by molar-refractivity contribution is 7.89. The quantitative estimate of drug-likeness (QED) is 0.756. The van der Waals surface area contributed by atoms with Gasteiger partial charge >= 0.3 is 0 Å². The summed E-state index contributed by atoms with van der Waals surface area (Å²) in [5.41, 5.74) is 0. The molecule has 4 nitrogen and oxygen atoms in total. The Morgan fingerprint density at radius 3 is 2.53 bits per heavy atom. The van der Waals surface area contributed by atoms with Gasteiger partial charge in [-0.3, -0.25) is 0 Å². The van der Waals surface area contributed by atoms with E-state index in [-0.39, 0.29) is 11.3 Å². The molecule has 1 aliphatic heterocycles. The summed E-state index contributed by atoms with van der Waals surface area (Å²) in [6.07, 6.45) is 3.87. The van der Waals surface area contributed by atoms with E-state index in [1.165, 1.54) is 0 Å². The molecular formula is C10H20N2O2S. The zero-order valence-corrected chi connectivity index (χ0v) is 10.1. The Balaban J connectivity index is 2.12. The van der Waals surface area contributed by atoms with Crippen molar-refractivity contribution in [1.82, 2.24) is 9.62 Å². The lowest BCUT2D eigenvalue weighted by Crippen LogP contribution is -2.54. The summed E-state index contributed by atoms with van der Waals surface area (Å²) in [6, 6.07) is 0.115. The SMILES string of the molecule is C[C@H]1CNCCN1S(=O)(=O)C1CCCC1. The van der Waals surface area contributed by atoms with Gasteiger partial charge in [0.05, 0.1) is 5.25 Å². The predicted octanol–water partition coefficient (Wildman–Crippen LogP) is 0.552. The topological polar surface area (TPSA) is 49.4 Å². The van der Waals surface area contributed by atoms with E-state index in [1.54, 1.807) is 4.31 Å². The van der Waals surface area contributed by atoms with E-state index in [4.69, 9.17) is 0 Å². The van der Waals surface area contributed by atoms with Gasteiger partial charge in [-0.1, -0.05) is 12.8 Å². The predicted molar refractivity (Wildman–Crippen MR) is 60.2 cm³/mol. The monoisotopic (exact) mass is 232 g/mol. The van der Waals surface area contributed by atoms with Crippen LogP contribution in [0.1, 0.15) is 32.6 Å². The third kappa shape index (κ3) is 2.19. The lowest BCUT2D eigenvalue weighted by Gasteiger charge is -2.34. The molecule has 0 aromatic rings. The molecule has 5 heteroatoms. The van der Waals surface area contributed by atoms with Crippen molar-refractivity contribution in [2.24, 2.45) is 0 Å². The Morgan fingerprint density at radius 2 is 1.93 bits per heavy atom. The smallest absolute Gasteiger partial charge is 0.217 e. The Labute approximate surface area is 92.1 Å². The molecule has 2 fully saturated rings. The highest BCUT2D eigenvalue weighted by Crippen LogP contribution is 2.28. The van der Waals surface area contributed by atoms with Crippen LogP contribution in [0, 0.1) is 0 Å². The van der Waals surface area contributed by atoms with Crippen molar-refractivity contribution in [2.45, 2.75) is 43.9 Å². The maximum absolute atomic E-state index is 12.3. The van der Waals surface area contributed by atoms with Crippen LogP contribution in [-0.2, 0) is 10.0 Å². The van der Waals surface area contributed by atoms with Crippen molar-refractivity contribution in [1.29, 1.82) is 0 Å². The highest BCUT2D eigenvalue weighted by atomic mass is 32.2. The molecule has 1 N–H and O–H groups in total. The summed E-state index contributed by atoms with van der Waals surface area (Å²) in [7, 11) is -3.02. The van der Waals surface area contributed by atoms with E-state index in [2.05, 4.69) is 5.32 Å². The molecule has 1 saturated heterocycles. The molecule has 1 atom stereocenters. The number of piperazine rings is 1. The first-order valence-electron chi connectivity index (χ1n) is 5.84. The van der Waals surface area contributed by atoms with Gasteiger partial charge < -0.3 is 5.32 Å². The fourth-order valence-electron chi connectivity index (χ4n) is 2.58. The molecule has 1 heterocycles. The summed E-state index contributed by atoms with van der Waals surface area (Å²) in [5.74, 6) is 0. The van der Waals surface area contributed by atoms with Gasteiger partial charge in [0.25, 0.3) is 0 Å². The van der Waals surface area contributed by atoms with Gasteiger partial charge in [0.2, 0.25) is 10.0 Å². The van der Waals surface area contributed by atoms with E-state index >= 15 is 0 Å². The Kier molecular flexibility index (Phi) is 3.33. The molecule has 0 amide bonds. The molecule has 0 radical (unpaired) electrons. The summed E-state index contributed by atoms with van der Waals surface area (Å²) in [5, 5.41) is 3.12. The van der Waals surface area contributed by atoms with Gasteiger partial charge in [0.1, 0.15) is 0 Å². The molecule has 0 aromatic carbocycles. The van der Waals surface area contributed by atoms with Crippen LogP contribution in [-0.4, -0.2) is 43.6 Å². The van der Waals surface area contributed by atoms with Gasteiger partial charge in [-0.15, -0.1) is 0 Å². The second-order valence-electron chi connectivity index (χ2n) is 4.62. The van der Waals surface area contributed by atoms with Crippen molar-refractivity contribution in [2.75, 3.05) is 19.6 Å². The minimum Gasteiger partial charge on any atom is -0.314 e. The minimum atomic E-state index is -3.02. The Morgan fingerprint density at radius 1 is 1.27 bits per heavy atom. The maximum Gasteiger partial charge on any atom is 0.217 e. The van der Waals surface area contributed by atoms with Crippen molar-refractivity contribution >= 4 is 10.0 Å². The Hall–Kier alpha value is -0.130. The van der Waals surface area contributed by atoms with E-state index in [1.807, 2.05) is 6.92 Å². The fourth-order valence-corrected chi connectivity index (χ4v) is 4.81. The zero-order valence-electron chi connectivity index (χ0n) is 9.28. The fraction of sp³-hybridized carbons (Fsp3) is 1.00. The normalized spacial score (nSPS) is 30.9. The van der Waals surface area contributed by atoms with E-state index < -0.39 is 10.0 Å². The van der Waals surface area contributed by atoms with Gasteiger partial charge in [-0.2, -0.15) is 4.31 Å². The number of nitrogens with zero attached hydrogens (tertiary/aromatic N) is 1. The van der Waals surface area contributed by atoms with E-state index in [9.17, 15) is 8.42 Å². The van der Waals surface area contributed by atoms with Crippen molar-refractivity contribution < 1.29 is 8.42 Å². The van der Waals surface area contributed by atoms with Crippen LogP contribution in [0.5, 0.6) is 0 Å². The number of sulfonamides is 1. The van der Waals surface area contributed by atoms with Crippen LogP contribution < -0.4 is 5.32 Å². The van der Waals surface area contributed by atoms with Crippen LogP contribution in [0.4, 0.5) is 0 Å². The second kappa shape index (κ2) is 4.39. The maximum atomic E-state index is 12.3. The molecule has 88 valence electrons. The zero-order chi connectivity index (χ0) is 10.9. The largest absolute Gasteiger partial charge is 0.314 e. The molecule has 0 bridgehead atoms. The summed E-state index contributed by atoms with van der Waals surface area (Å²) >= 11 is 0. The van der Waals surface area contributed by atoms with Crippen molar-refractivity contribution in [3.8, 4) is 0 Å². The average molecular weight is 232 g/mol. The molecular weight excluding hydrogens is 212 g/mol.